The number of hydrogen-bond donors (Lipinski definition) is 1. The van der Waals surface area contributed by atoms with Crippen LogP contribution in [0, 0.1) is 0 Å². The Bertz CT molecular complexity index is 452. The lowest BCUT2D eigenvalue weighted by molar-refractivity contribution is 0.0692. The molecule has 3 rings (SSSR count). The topological polar surface area (TPSA) is 40.5 Å². The van der Waals surface area contributed by atoms with E-state index in [1.54, 1.807) is 6.07 Å². The molecule has 1 aliphatic heterocycles. The summed E-state index contributed by atoms with van der Waals surface area (Å²) < 4.78 is 0. The van der Waals surface area contributed by atoms with Crippen molar-refractivity contribution < 1.29 is 9.90 Å². The first-order valence-corrected chi connectivity index (χ1v) is 6.34. The van der Waals surface area contributed by atoms with E-state index in [0.717, 1.165) is 31.1 Å². The van der Waals surface area contributed by atoms with Crippen LogP contribution < -0.4 is 0 Å². The van der Waals surface area contributed by atoms with Gasteiger partial charge in [-0.2, -0.15) is 0 Å². The van der Waals surface area contributed by atoms with Gasteiger partial charge in [0, 0.05) is 19.1 Å². The third-order valence-electron chi connectivity index (χ3n) is 4.12. The summed E-state index contributed by atoms with van der Waals surface area (Å²) in [4.78, 5) is 13.7. The maximum Gasteiger partial charge on any atom is 0.335 e. The monoisotopic (exact) mass is 231 g/mol. The highest BCUT2D eigenvalue weighted by atomic mass is 16.4. The Morgan fingerprint density at radius 1 is 1.35 bits per heavy atom. The number of carbonyl (C=O) groups is 1. The van der Waals surface area contributed by atoms with E-state index < -0.39 is 5.97 Å². The second kappa shape index (κ2) is 4.15. The number of fused-ring (bicyclic) bond motifs is 1. The molecule has 0 saturated heterocycles. The zero-order valence-electron chi connectivity index (χ0n) is 9.85. The Morgan fingerprint density at radius 2 is 2.18 bits per heavy atom. The first kappa shape index (κ1) is 10.8. The summed E-state index contributed by atoms with van der Waals surface area (Å²) in [6.45, 7) is 1.95. The van der Waals surface area contributed by atoms with E-state index in [1.165, 1.54) is 24.8 Å². The largest absolute Gasteiger partial charge is 0.478 e. The van der Waals surface area contributed by atoms with Crippen molar-refractivity contribution in [2.24, 2.45) is 0 Å². The van der Waals surface area contributed by atoms with Crippen LogP contribution in [0.1, 0.15) is 40.7 Å². The Kier molecular flexibility index (Phi) is 2.63. The highest BCUT2D eigenvalue weighted by molar-refractivity contribution is 5.89. The zero-order chi connectivity index (χ0) is 11.8. The molecular weight excluding hydrogens is 214 g/mol. The van der Waals surface area contributed by atoms with E-state index in [2.05, 4.69) is 11.0 Å². The van der Waals surface area contributed by atoms with Gasteiger partial charge in [-0.05, 0) is 36.5 Å². The lowest BCUT2D eigenvalue weighted by atomic mass is 9.87. The molecule has 0 atom stereocenters. The van der Waals surface area contributed by atoms with E-state index in [9.17, 15) is 4.79 Å². The normalized spacial score (nSPS) is 20.7. The van der Waals surface area contributed by atoms with Crippen molar-refractivity contribution in [1.82, 2.24) is 4.90 Å². The van der Waals surface area contributed by atoms with E-state index in [-0.39, 0.29) is 0 Å². The SMILES string of the molecule is O=C(O)c1cccc2c1CCN(C1CCC1)C2. The molecule has 0 spiro atoms. The zero-order valence-corrected chi connectivity index (χ0v) is 9.85. The number of carboxylic acids is 1. The number of nitrogens with zero attached hydrogens (tertiary/aromatic N) is 1. The molecule has 0 bridgehead atoms. The van der Waals surface area contributed by atoms with Gasteiger partial charge in [0.05, 0.1) is 5.56 Å². The van der Waals surface area contributed by atoms with E-state index in [4.69, 9.17) is 5.11 Å². The van der Waals surface area contributed by atoms with Crippen molar-refractivity contribution in [2.75, 3.05) is 6.54 Å². The van der Waals surface area contributed by atoms with Gasteiger partial charge >= 0.3 is 5.97 Å². The van der Waals surface area contributed by atoms with Gasteiger partial charge in [0.2, 0.25) is 0 Å². The summed E-state index contributed by atoms with van der Waals surface area (Å²) in [6.07, 6.45) is 4.86. The molecular formula is C14H17NO2. The molecule has 2 aliphatic rings. The molecule has 3 heteroatoms. The lowest BCUT2D eigenvalue weighted by Gasteiger charge is -2.40. The molecule has 1 aromatic carbocycles. The quantitative estimate of drug-likeness (QED) is 0.849. The first-order valence-electron chi connectivity index (χ1n) is 6.34. The number of rotatable bonds is 2. The fourth-order valence-corrected chi connectivity index (χ4v) is 2.90. The predicted octanol–water partition coefficient (Wildman–Crippen LogP) is 2.30. The summed E-state index contributed by atoms with van der Waals surface area (Å²) in [7, 11) is 0. The van der Waals surface area contributed by atoms with Crippen LogP contribution in [0.4, 0.5) is 0 Å². The van der Waals surface area contributed by atoms with Crippen molar-refractivity contribution in [3.05, 3.63) is 34.9 Å². The van der Waals surface area contributed by atoms with Crippen LogP contribution >= 0.6 is 0 Å². The van der Waals surface area contributed by atoms with E-state index >= 15 is 0 Å². The molecule has 1 fully saturated rings. The van der Waals surface area contributed by atoms with Crippen LogP contribution in [0.15, 0.2) is 18.2 Å². The molecule has 3 nitrogen and oxygen atoms in total. The summed E-state index contributed by atoms with van der Waals surface area (Å²) in [5.41, 5.74) is 2.76. The Hall–Kier alpha value is -1.35. The third-order valence-corrected chi connectivity index (χ3v) is 4.12. The Balaban J connectivity index is 1.87. The highest BCUT2D eigenvalue weighted by Gasteiger charge is 2.29. The van der Waals surface area contributed by atoms with Crippen LogP contribution in [0.3, 0.4) is 0 Å². The van der Waals surface area contributed by atoms with Crippen molar-refractivity contribution >= 4 is 5.97 Å². The second-order valence-electron chi connectivity index (χ2n) is 5.05. The molecule has 1 aliphatic carbocycles. The molecule has 90 valence electrons. The average molecular weight is 231 g/mol. The molecule has 17 heavy (non-hydrogen) atoms. The Labute approximate surface area is 101 Å². The summed E-state index contributed by atoms with van der Waals surface area (Å²) in [5.74, 6) is -0.793. The van der Waals surface area contributed by atoms with E-state index in [0.29, 0.717) is 5.56 Å². The smallest absolute Gasteiger partial charge is 0.335 e. The standard InChI is InChI=1S/C14H17NO2/c16-14(17)13-6-1-3-10-9-15(8-7-12(10)13)11-4-2-5-11/h1,3,6,11H,2,4-5,7-9H2,(H,16,17). The summed E-state index contributed by atoms with van der Waals surface area (Å²) in [6, 6.07) is 6.41. The van der Waals surface area contributed by atoms with Crippen LogP contribution in [-0.4, -0.2) is 28.6 Å². The fourth-order valence-electron chi connectivity index (χ4n) is 2.90. The van der Waals surface area contributed by atoms with Gasteiger partial charge in [0.25, 0.3) is 0 Å². The van der Waals surface area contributed by atoms with Crippen LogP contribution in [0.2, 0.25) is 0 Å². The van der Waals surface area contributed by atoms with Gasteiger partial charge in [0.1, 0.15) is 0 Å². The van der Waals surface area contributed by atoms with Gasteiger partial charge in [-0.25, -0.2) is 4.79 Å². The minimum Gasteiger partial charge on any atom is -0.478 e. The molecule has 1 heterocycles. The van der Waals surface area contributed by atoms with Crippen molar-refractivity contribution in [3.8, 4) is 0 Å². The molecule has 0 aromatic heterocycles. The minimum absolute atomic E-state index is 0.496. The summed E-state index contributed by atoms with van der Waals surface area (Å²) in [5, 5.41) is 9.16. The first-order chi connectivity index (χ1) is 8.25. The van der Waals surface area contributed by atoms with Crippen LogP contribution in [0.5, 0.6) is 0 Å². The van der Waals surface area contributed by atoms with Crippen LogP contribution in [-0.2, 0) is 13.0 Å². The van der Waals surface area contributed by atoms with Gasteiger partial charge in [-0.3, -0.25) is 4.90 Å². The number of benzene rings is 1. The fraction of sp³-hybridized carbons (Fsp3) is 0.500. The second-order valence-corrected chi connectivity index (χ2v) is 5.05. The van der Waals surface area contributed by atoms with Gasteiger partial charge in [-0.1, -0.05) is 18.6 Å². The summed E-state index contributed by atoms with van der Waals surface area (Å²) >= 11 is 0. The van der Waals surface area contributed by atoms with Gasteiger partial charge in [-0.15, -0.1) is 0 Å². The van der Waals surface area contributed by atoms with Gasteiger partial charge < -0.3 is 5.11 Å². The number of carboxylic acid groups (broad SMARTS) is 1. The molecule has 0 unspecified atom stereocenters. The highest BCUT2D eigenvalue weighted by Crippen LogP contribution is 2.30. The number of hydrogen-bond acceptors (Lipinski definition) is 2. The van der Waals surface area contributed by atoms with E-state index in [1.807, 2.05) is 6.07 Å². The maximum absolute atomic E-state index is 11.1. The minimum atomic E-state index is -0.793. The molecule has 1 N–H and O–H groups in total. The Morgan fingerprint density at radius 3 is 2.82 bits per heavy atom. The average Bonchev–Trinajstić information content (AvgIpc) is 2.25. The van der Waals surface area contributed by atoms with Crippen molar-refractivity contribution in [1.29, 1.82) is 0 Å². The molecule has 0 amide bonds. The number of aromatic carboxylic acids is 1. The predicted molar refractivity (Wildman–Crippen MR) is 65.2 cm³/mol. The van der Waals surface area contributed by atoms with Crippen molar-refractivity contribution in [3.63, 3.8) is 0 Å². The lowest BCUT2D eigenvalue weighted by Crippen LogP contribution is -2.43. The molecule has 0 radical (unpaired) electrons. The van der Waals surface area contributed by atoms with Crippen molar-refractivity contribution in [2.45, 2.75) is 38.3 Å². The molecule has 1 aromatic rings. The third kappa shape index (κ3) is 1.84. The van der Waals surface area contributed by atoms with Gasteiger partial charge in [0.15, 0.2) is 0 Å². The van der Waals surface area contributed by atoms with Crippen LogP contribution in [0.25, 0.3) is 0 Å². The maximum atomic E-state index is 11.1. The molecule has 1 saturated carbocycles.